The molecule has 2 N–H and O–H groups in total. The number of halogens is 1. The van der Waals surface area contributed by atoms with Gasteiger partial charge in [0.05, 0.1) is 22.1 Å². The van der Waals surface area contributed by atoms with Gasteiger partial charge in [-0.05, 0) is 85.2 Å². The number of hydrogen-bond acceptors (Lipinski definition) is 8. The molecule has 0 bridgehead atoms. The topological polar surface area (TPSA) is 131 Å². The zero-order valence-electron chi connectivity index (χ0n) is 24.7. The molecule has 2 aromatic rings. The number of ether oxygens (including phenoxy) is 2. The standard InChI is InChI=1S/C30H39ClN2O7S/c1-18-9-15-21(16-10-18)41(37,38)33-32-22-17-30(8,36)25(27(35)40-29(5,6)7)23(19-11-13-20(31)14-12-19)24(22)26(34)39-28(2,3)4/h9-16,23-25,33,36H,17H2,1-8H3/b32-22-/t23-,24+,25+,30+/m1/s1. The van der Waals surface area contributed by atoms with E-state index in [0.29, 0.717) is 10.6 Å². The van der Waals surface area contributed by atoms with Crippen LogP contribution in [0.15, 0.2) is 58.5 Å². The number of esters is 2. The fourth-order valence-electron chi connectivity index (χ4n) is 4.85. The lowest BCUT2D eigenvalue weighted by Gasteiger charge is -2.46. The lowest BCUT2D eigenvalue weighted by Crippen LogP contribution is -2.56. The SMILES string of the molecule is Cc1ccc(S(=O)(=O)N/N=C2/C[C@](C)(O)[C@H](C(=O)OC(C)(C)C)[C@H](c3ccc(Cl)cc3)[C@H]2C(=O)OC(C)(C)C)cc1. The number of nitrogens with one attached hydrogen (secondary N) is 1. The third kappa shape index (κ3) is 8.30. The minimum absolute atomic E-state index is 0.0136. The first-order valence-corrected chi connectivity index (χ1v) is 15.1. The molecule has 4 atom stereocenters. The van der Waals surface area contributed by atoms with E-state index in [1.165, 1.54) is 19.1 Å². The van der Waals surface area contributed by atoms with Crippen LogP contribution in [0, 0.1) is 18.8 Å². The van der Waals surface area contributed by atoms with E-state index in [1.807, 2.05) is 6.92 Å². The molecule has 0 aromatic heterocycles. The van der Waals surface area contributed by atoms with Crippen molar-refractivity contribution in [2.24, 2.45) is 16.9 Å². The van der Waals surface area contributed by atoms with Gasteiger partial charge >= 0.3 is 11.9 Å². The van der Waals surface area contributed by atoms with Crippen molar-refractivity contribution in [1.29, 1.82) is 0 Å². The Balaban J connectivity index is 2.21. The van der Waals surface area contributed by atoms with E-state index in [9.17, 15) is 23.1 Å². The minimum atomic E-state index is -4.12. The summed E-state index contributed by atoms with van der Waals surface area (Å²) in [7, 11) is -4.12. The summed E-state index contributed by atoms with van der Waals surface area (Å²) in [4.78, 5) is 29.7. The van der Waals surface area contributed by atoms with Gasteiger partial charge in [0.2, 0.25) is 0 Å². The van der Waals surface area contributed by atoms with Crippen LogP contribution < -0.4 is 4.83 Å². The van der Waals surface area contributed by atoms with Gasteiger partial charge in [-0.1, -0.05) is 41.4 Å². The lowest BCUT2D eigenvalue weighted by molar-refractivity contribution is -0.175. The zero-order chi connectivity index (χ0) is 31.0. The maximum atomic E-state index is 13.8. The number of nitrogens with zero attached hydrogens (tertiary/aromatic N) is 1. The first-order valence-electron chi connectivity index (χ1n) is 13.3. The summed E-state index contributed by atoms with van der Waals surface area (Å²) in [5.41, 5.74) is -2.18. The Bertz CT molecular complexity index is 1400. The lowest BCUT2D eigenvalue weighted by atomic mass is 9.61. The van der Waals surface area contributed by atoms with Crippen molar-refractivity contribution in [3.63, 3.8) is 0 Å². The van der Waals surface area contributed by atoms with Crippen molar-refractivity contribution in [3.8, 4) is 0 Å². The highest BCUT2D eigenvalue weighted by molar-refractivity contribution is 7.89. The van der Waals surface area contributed by atoms with Crippen LogP contribution in [-0.2, 0) is 29.1 Å². The number of carbonyl (C=O) groups is 2. The molecule has 0 spiro atoms. The second kappa shape index (κ2) is 11.7. The zero-order valence-corrected chi connectivity index (χ0v) is 26.3. The summed E-state index contributed by atoms with van der Waals surface area (Å²) in [6.45, 7) is 13.5. The van der Waals surface area contributed by atoms with Crippen molar-refractivity contribution in [1.82, 2.24) is 4.83 Å². The molecule has 0 heterocycles. The van der Waals surface area contributed by atoms with Gasteiger partial charge in [0.1, 0.15) is 17.1 Å². The van der Waals surface area contributed by atoms with Crippen molar-refractivity contribution in [2.45, 2.75) is 89.4 Å². The maximum absolute atomic E-state index is 13.8. The normalized spacial score (nSPS) is 24.5. The van der Waals surface area contributed by atoms with Crippen molar-refractivity contribution < 1.29 is 32.6 Å². The summed E-state index contributed by atoms with van der Waals surface area (Å²) in [5, 5.41) is 16.3. The monoisotopic (exact) mass is 606 g/mol. The number of sulfonamides is 1. The Morgan fingerprint density at radius 3 is 1.98 bits per heavy atom. The Kier molecular flexibility index (Phi) is 9.32. The molecule has 224 valence electrons. The van der Waals surface area contributed by atoms with Crippen molar-refractivity contribution in [2.75, 3.05) is 0 Å². The van der Waals surface area contributed by atoms with Crippen LogP contribution in [0.5, 0.6) is 0 Å². The van der Waals surface area contributed by atoms with E-state index < -0.39 is 56.5 Å². The van der Waals surface area contributed by atoms with E-state index >= 15 is 0 Å². The number of benzene rings is 2. The number of aryl methyl sites for hydroxylation is 1. The number of hydrogen-bond donors (Lipinski definition) is 2. The molecule has 1 aliphatic rings. The van der Waals surface area contributed by atoms with E-state index in [0.717, 1.165) is 5.56 Å². The molecule has 11 heteroatoms. The summed E-state index contributed by atoms with van der Waals surface area (Å²) in [6, 6.07) is 12.7. The number of carbonyl (C=O) groups excluding carboxylic acids is 2. The highest BCUT2D eigenvalue weighted by Crippen LogP contribution is 2.48. The predicted molar refractivity (Wildman–Crippen MR) is 157 cm³/mol. The quantitative estimate of drug-likeness (QED) is 0.344. The molecule has 0 unspecified atom stereocenters. The third-order valence-electron chi connectivity index (χ3n) is 6.50. The smallest absolute Gasteiger partial charge is 0.315 e. The molecule has 1 aliphatic carbocycles. The van der Waals surface area contributed by atoms with Gasteiger partial charge in [-0.25, -0.2) is 4.83 Å². The molecule has 0 saturated heterocycles. The number of rotatable bonds is 6. The predicted octanol–water partition coefficient (Wildman–Crippen LogP) is 5.14. The molecule has 1 saturated carbocycles. The second-order valence-corrected chi connectivity index (χ2v) is 14.7. The molecule has 9 nitrogen and oxygen atoms in total. The molecular weight excluding hydrogens is 568 g/mol. The molecule has 41 heavy (non-hydrogen) atoms. The van der Waals surface area contributed by atoms with Gasteiger partial charge in [-0.2, -0.15) is 13.5 Å². The molecule has 0 amide bonds. The molecule has 0 aliphatic heterocycles. The molecule has 3 rings (SSSR count). The second-order valence-electron chi connectivity index (χ2n) is 12.6. The van der Waals surface area contributed by atoms with Gasteiger partial charge in [0.15, 0.2) is 0 Å². The molecule has 2 aromatic carbocycles. The van der Waals surface area contributed by atoms with Crippen LogP contribution in [0.3, 0.4) is 0 Å². The maximum Gasteiger partial charge on any atom is 0.315 e. The Labute approximate surface area is 247 Å². The number of aliphatic hydroxyl groups is 1. The molecule has 0 radical (unpaired) electrons. The van der Waals surface area contributed by atoms with Gasteiger partial charge < -0.3 is 14.6 Å². The Hall–Kier alpha value is -2.95. The van der Waals surface area contributed by atoms with E-state index in [-0.39, 0.29) is 17.0 Å². The highest BCUT2D eigenvalue weighted by Gasteiger charge is 2.57. The van der Waals surface area contributed by atoms with Gasteiger partial charge in [0, 0.05) is 17.4 Å². The summed E-state index contributed by atoms with van der Waals surface area (Å²) < 4.78 is 37.6. The fraction of sp³-hybridized carbons (Fsp3) is 0.500. The summed E-state index contributed by atoms with van der Waals surface area (Å²) >= 11 is 6.14. The average Bonchev–Trinajstić information content (AvgIpc) is 2.80. The fourth-order valence-corrected chi connectivity index (χ4v) is 5.82. The summed E-state index contributed by atoms with van der Waals surface area (Å²) in [5.74, 6) is -4.93. The first kappa shape index (κ1) is 32.6. The van der Waals surface area contributed by atoms with Crippen LogP contribution >= 0.6 is 11.6 Å². The third-order valence-corrected chi connectivity index (χ3v) is 7.98. The van der Waals surface area contributed by atoms with Gasteiger partial charge in [-0.3, -0.25) is 9.59 Å². The van der Waals surface area contributed by atoms with E-state index in [1.54, 1.807) is 77.9 Å². The minimum Gasteiger partial charge on any atom is -0.460 e. The van der Waals surface area contributed by atoms with E-state index in [4.69, 9.17) is 21.1 Å². The summed E-state index contributed by atoms with van der Waals surface area (Å²) in [6.07, 6.45) is -0.304. The van der Waals surface area contributed by atoms with Crippen LogP contribution in [0.1, 0.15) is 71.9 Å². The van der Waals surface area contributed by atoms with Crippen LogP contribution in [0.25, 0.3) is 0 Å². The van der Waals surface area contributed by atoms with Crippen LogP contribution in [0.2, 0.25) is 5.02 Å². The van der Waals surface area contributed by atoms with Crippen LogP contribution in [0.4, 0.5) is 0 Å². The molecular formula is C30H39ClN2O7S. The van der Waals surface area contributed by atoms with Crippen LogP contribution in [-0.4, -0.2) is 48.0 Å². The van der Waals surface area contributed by atoms with Crippen molar-refractivity contribution in [3.05, 3.63) is 64.7 Å². The Morgan fingerprint density at radius 2 is 1.46 bits per heavy atom. The largest absolute Gasteiger partial charge is 0.460 e. The van der Waals surface area contributed by atoms with E-state index in [2.05, 4.69) is 9.93 Å². The highest BCUT2D eigenvalue weighted by atomic mass is 35.5. The molecule has 1 fully saturated rings. The van der Waals surface area contributed by atoms with Crippen molar-refractivity contribution >= 4 is 39.3 Å². The Morgan fingerprint density at radius 1 is 0.951 bits per heavy atom. The average molecular weight is 607 g/mol. The van der Waals surface area contributed by atoms with Gasteiger partial charge in [0.25, 0.3) is 10.0 Å². The number of hydrazone groups is 1. The first-order chi connectivity index (χ1) is 18.7. The van der Waals surface area contributed by atoms with Gasteiger partial charge in [-0.15, -0.1) is 0 Å².